The zero-order chi connectivity index (χ0) is 22.7. The molecule has 1 aliphatic rings. The Kier molecular flexibility index (Phi) is 6.21. The van der Waals surface area contributed by atoms with E-state index in [-0.39, 0.29) is 24.3 Å². The topological polar surface area (TPSA) is 58.4 Å². The predicted molar refractivity (Wildman–Crippen MR) is 128 cm³/mol. The minimum Gasteiger partial charge on any atom is -0.334 e. The number of benzene rings is 2. The van der Waals surface area contributed by atoms with E-state index in [1.54, 1.807) is 17.1 Å². The summed E-state index contributed by atoms with van der Waals surface area (Å²) >= 11 is 0. The Morgan fingerprint density at radius 3 is 2.50 bits per heavy atom. The van der Waals surface area contributed by atoms with Gasteiger partial charge in [0, 0.05) is 37.7 Å². The number of hydrogen-bond acceptors (Lipinski definition) is 3. The summed E-state index contributed by atoms with van der Waals surface area (Å²) in [7, 11) is 0. The third kappa shape index (κ3) is 4.21. The van der Waals surface area contributed by atoms with Gasteiger partial charge in [0.05, 0.1) is 11.0 Å². The number of aryl methyl sites for hydroxylation is 1. The second kappa shape index (κ2) is 9.22. The maximum Gasteiger partial charge on any atom is 0.243 e. The molecule has 3 aromatic rings. The molecule has 1 fully saturated rings. The van der Waals surface area contributed by atoms with Gasteiger partial charge in [0.15, 0.2) is 0 Å². The average molecular weight is 429 g/mol. The van der Waals surface area contributed by atoms with Crippen LogP contribution in [0.3, 0.4) is 0 Å². The van der Waals surface area contributed by atoms with Gasteiger partial charge in [-0.15, -0.1) is 13.2 Å². The van der Waals surface area contributed by atoms with Gasteiger partial charge < -0.3 is 14.4 Å². The Balaban J connectivity index is 1.66. The Morgan fingerprint density at radius 2 is 1.81 bits per heavy atom. The summed E-state index contributed by atoms with van der Waals surface area (Å²) in [6.45, 7) is 11.1. The lowest BCUT2D eigenvalue weighted by molar-refractivity contribution is -0.130. The van der Waals surface area contributed by atoms with Crippen LogP contribution in [-0.4, -0.2) is 45.9 Å². The van der Waals surface area contributed by atoms with Gasteiger partial charge in [0.1, 0.15) is 12.4 Å². The number of carbonyl (C=O) groups is 2. The molecule has 164 valence electrons. The Hall–Kier alpha value is -3.67. The summed E-state index contributed by atoms with van der Waals surface area (Å²) in [6, 6.07) is 15.8. The number of rotatable bonds is 8. The zero-order valence-electron chi connectivity index (χ0n) is 18.4. The summed E-state index contributed by atoms with van der Waals surface area (Å²) in [4.78, 5) is 34.3. The van der Waals surface area contributed by atoms with Gasteiger partial charge in [0.25, 0.3) is 0 Å². The van der Waals surface area contributed by atoms with Crippen LogP contribution < -0.4 is 4.90 Å². The number of carbonyl (C=O) groups excluding carboxylic acids is 2. The molecule has 0 spiro atoms. The van der Waals surface area contributed by atoms with Crippen molar-refractivity contribution in [1.29, 1.82) is 0 Å². The smallest absolute Gasteiger partial charge is 0.243 e. The summed E-state index contributed by atoms with van der Waals surface area (Å²) in [5, 5.41) is 0. The molecule has 2 amide bonds. The summed E-state index contributed by atoms with van der Waals surface area (Å²) in [5.74, 6) is 0.730. The van der Waals surface area contributed by atoms with Crippen molar-refractivity contribution < 1.29 is 9.59 Å². The van der Waals surface area contributed by atoms with E-state index in [0.29, 0.717) is 26.1 Å². The van der Waals surface area contributed by atoms with Crippen LogP contribution in [0.4, 0.5) is 5.69 Å². The fourth-order valence-corrected chi connectivity index (χ4v) is 4.25. The van der Waals surface area contributed by atoms with Crippen molar-refractivity contribution in [3.63, 3.8) is 0 Å². The van der Waals surface area contributed by atoms with E-state index in [4.69, 9.17) is 4.98 Å². The summed E-state index contributed by atoms with van der Waals surface area (Å²) in [6.07, 6.45) is 3.79. The van der Waals surface area contributed by atoms with Crippen molar-refractivity contribution in [3.8, 4) is 0 Å². The first-order valence-corrected chi connectivity index (χ1v) is 10.8. The predicted octanol–water partition coefficient (Wildman–Crippen LogP) is 4.07. The maximum absolute atomic E-state index is 13.1. The SMILES string of the molecule is C=CCN(CC=C)C(=O)Cn1c([C@H]2CC(=O)N(c3ccc(C)cc3)C2)nc2ccccc21. The van der Waals surface area contributed by atoms with E-state index in [1.807, 2.05) is 64.9 Å². The van der Waals surface area contributed by atoms with Crippen LogP contribution in [0, 0.1) is 6.92 Å². The molecule has 1 aromatic heterocycles. The number of anilines is 1. The highest BCUT2D eigenvalue weighted by Crippen LogP contribution is 2.33. The van der Waals surface area contributed by atoms with Crippen LogP contribution in [0.25, 0.3) is 11.0 Å². The van der Waals surface area contributed by atoms with Gasteiger partial charge in [-0.25, -0.2) is 4.98 Å². The van der Waals surface area contributed by atoms with Gasteiger partial charge in [-0.3, -0.25) is 9.59 Å². The van der Waals surface area contributed by atoms with Crippen LogP contribution in [0.15, 0.2) is 73.8 Å². The van der Waals surface area contributed by atoms with Crippen molar-refractivity contribution in [2.24, 2.45) is 0 Å². The standard InChI is InChI=1S/C26H28N4O2/c1-4-14-28(15-5-2)25(32)18-30-23-9-7-6-8-22(23)27-26(30)20-16-24(31)29(17-20)21-12-10-19(3)11-13-21/h4-13,20H,1-2,14-18H2,3H3/t20-/m0/s1. The molecule has 0 bridgehead atoms. The quantitative estimate of drug-likeness (QED) is 0.508. The van der Waals surface area contributed by atoms with E-state index >= 15 is 0 Å². The van der Waals surface area contributed by atoms with Crippen LogP contribution >= 0.6 is 0 Å². The molecule has 0 unspecified atom stereocenters. The van der Waals surface area contributed by atoms with E-state index in [0.717, 1.165) is 28.1 Å². The monoisotopic (exact) mass is 428 g/mol. The van der Waals surface area contributed by atoms with Crippen molar-refractivity contribution in [2.75, 3.05) is 24.5 Å². The van der Waals surface area contributed by atoms with E-state index in [2.05, 4.69) is 13.2 Å². The van der Waals surface area contributed by atoms with Crippen molar-refractivity contribution in [3.05, 3.63) is 85.2 Å². The van der Waals surface area contributed by atoms with Gasteiger partial charge in [-0.1, -0.05) is 42.0 Å². The number of amides is 2. The molecule has 1 aliphatic heterocycles. The normalized spacial score (nSPS) is 15.8. The van der Waals surface area contributed by atoms with E-state index in [9.17, 15) is 9.59 Å². The van der Waals surface area contributed by atoms with Crippen molar-refractivity contribution in [2.45, 2.75) is 25.8 Å². The largest absolute Gasteiger partial charge is 0.334 e. The minimum absolute atomic E-state index is 0.0334. The van der Waals surface area contributed by atoms with Crippen LogP contribution in [0.2, 0.25) is 0 Å². The molecule has 1 saturated heterocycles. The first kappa shape index (κ1) is 21.6. The van der Waals surface area contributed by atoms with Crippen LogP contribution in [0.1, 0.15) is 23.7 Å². The average Bonchev–Trinajstić information content (AvgIpc) is 3.35. The molecule has 0 saturated carbocycles. The molecular weight excluding hydrogens is 400 g/mol. The van der Waals surface area contributed by atoms with E-state index < -0.39 is 0 Å². The maximum atomic E-state index is 13.1. The highest BCUT2D eigenvalue weighted by atomic mass is 16.2. The lowest BCUT2D eigenvalue weighted by Gasteiger charge is -2.21. The first-order chi connectivity index (χ1) is 15.5. The number of para-hydroxylation sites is 2. The van der Waals surface area contributed by atoms with Gasteiger partial charge >= 0.3 is 0 Å². The number of hydrogen-bond donors (Lipinski definition) is 0. The molecule has 32 heavy (non-hydrogen) atoms. The van der Waals surface area contributed by atoms with Gasteiger partial charge in [-0.2, -0.15) is 0 Å². The molecule has 6 heteroatoms. The summed E-state index contributed by atoms with van der Waals surface area (Å²) in [5.41, 5.74) is 3.77. The fraction of sp³-hybridized carbons (Fsp3) is 0.269. The fourth-order valence-electron chi connectivity index (χ4n) is 4.25. The molecule has 2 aromatic carbocycles. The van der Waals surface area contributed by atoms with Gasteiger partial charge in [0.2, 0.25) is 11.8 Å². The number of nitrogens with zero attached hydrogens (tertiary/aromatic N) is 4. The highest BCUT2D eigenvalue weighted by Gasteiger charge is 2.35. The summed E-state index contributed by atoms with van der Waals surface area (Å²) < 4.78 is 1.97. The second-order valence-corrected chi connectivity index (χ2v) is 8.16. The van der Waals surface area contributed by atoms with Crippen molar-refractivity contribution >= 4 is 28.5 Å². The van der Waals surface area contributed by atoms with E-state index in [1.165, 1.54) is 0 Å². The first-order valence-electron chi connectivity index (χ1n) is 10.8. The molecule has 0 aliphatic carbocycles. The third-order valence-corrected chi connectivity index (χ3v) is 5.86. The Bertz CT molecular complexity index is 1150. The lowest BCUT2D eigenvalue weighted by Crippen LogP contribution is -2.34. The van der Waals surface area contributed by atoms with Gasteiger partial charge in [-0.05, 0) is 31.2 Å². The molecule has 1 atom stereocenters. The molecule has 2 heterocycles. The molecule has 6 nitrogen and oxygen atoms in total. The number of aromatic nitrogens is 2. The molecule has 0 radical (unpaired) electrons. The number of fused-ring (bicyclic) bond motifs is 1. The third-order valence-electron chi connectivity index (χ3n) is 5.86. The lowest BCUT2D eigenvalue weighted by atomic mass is 10.1. The highest BCUT2D eigenvalue weighted by molar-refractivity contribution is 5.96. The van der Waals surface area contributed by atoms with Crippen molar-refractivity contribution in [1.82, 2.24) is 14.5 Å². The second-order valence-electron chi connectivity index (χ2n) is 8.16. The van der Waals surface area contributed by atoms with Crippen LogP contribution in [0.5, 0.6) is 0 Å². The number of imidazole rings is 1. The Labute approximate surface area is 188 Å². The molecule has 0 N–H and O–H groups in total. The molecule has 4 rings (SSSR count). The zero-order valence-corrected chi connectivity index (χ0v) is 18.4. The minimum atomic E-state index is -0.0868. The Morgan fingerprint density at radius 1 is 1.12 bits per heavy atom. The van der Waals surface area contributed by atoms with Crippen LogP contribution in [-0.2, 0) is 16.1 Å². The molecular formula is C26H28N4O2.